The van der Waals surface area contributed by atoms with Gasteiger partial charge in [0, 0.05) is 23.4 Å². The molecule has 0 unspecified atom stereocenters. The second kappa shape index (κ2) is 7.80. The zero-order valence-corrected chi connectivity index (χ0v) is 16.0. The highest BCUT2D eigenvalue weighted by Gasteiger charge is 2.27. The Morgan fingerprint density at radius 3 is 2.70 bits per heavy atom. The normalized spacial score (nSPS) is 16.0. The Bertz CT molecular complexity index is 861. The molecule has 0 bridgehead atoms. The first-order valence-electron chi connectivity index (χ1n) is 8.39. The number of rotatable bonds is 4. The molecule has 1 aromatic carbocycles. The Hall–Kier alpha value is -2.22. The van der Waals surface area contributed by atoms with Crippen molar-refractivity contribution in [3.63, 3.8) is 0 Å². The van der Waals surface area contributed by atoms with E-state index in [4.69, 9.17) is 25.9 Å². The number of ether oxygens (including phenoxy) is 2. The third-order valence-electron chi connectivity index (χ3n) is 3.64. The first kappa shape index (κ1) is 19.5. The van der Waals surface area contributed by atoms with Crippen LogP contribution in [0, 0.1) is 5.82 Å². The van der Waals surface area contributed by atoms with Crippen LogP contribution in [-0.4, -0.2) is 34.6 Å². The number of halogens is 2. The Kier molecular flexibility index (Phi) is 5.64. The molecule has 8 heteroatoms. The minimum absolute atomic E-state index is 0.155. The van der Waals surface area contributed by atoms with Crippen LogP contribution >= 0.6 is 11.6 Å². The van der Waals surface area contributed by atoms with Gasteiger partial charge in [0.2, 0.25) is 0 Å². The molecule has 0 amide bonds. The molecule has 1 aliphatic heterocycles. The minimum atomic E-state index is -0.738. The van der Waals surface area contributed by atoms with E-state index in [1.165, 1.54) is 6.07 Å². The van der Waals surface area contributed by atoms with Gasteiger partial charge in [-0.05, 0) is 32.9 Å². The zero-order valence-electron chi connectivity index (χ0n) is 15.2. The van der Waals surface area contributed by atoms with E-state index < -0.39 is 17.7 Å². The van der Waals surface area contributed by atoms with Crippen molar-refractivity contribution < 1.29 is 23.8 Å². The van der Waals surface area contributed by atoms with Gasteiger partial charge < -0.3 is 19.4 Å². The molecule has 1 aromatic heterocycles. The van der Waals surface area contributed by atoms with Crippen molar-refractivity contribution in [2.24, 2.45) is 5.16 Å². The third-order valence-corrected chi connectivity index (χ3v) is 3.93. The van der Waals surface area contributed by atoms with E-state index in [0.29, 0.717) is 24.5 Å². The molecule has 27 heavy (non-hydrogen) atoms. The van der Waals surface area contributed by atoms with Gasteiger partial charge in [-0.15, -0.1) is 0 Å². The molecule has 1 aliphatic rings. The average molecular weight is 395 g/mol. The van der Waals surface area contributed by atoms with E-state index >= 15 is 0 Å². The quantitative estimate of drug-likeness (QED) is 0.621. The molecule has 6 nitrogen and oxygen atoms in total. The maximum absolute atomic E-state index is 13.7. The van der Waals surface area contributed by atoms with Crippen molar-refractivity contribution in [3.05, 3.63) is 58.1 Å². The zero-order chi connectivity index (χ0) is 19.6. The number of oxime groups is 1. The molecule has 0 saturated carbocycles. The number of hydrogen-bond donors (Lipinski definition) is 1. The van der Waals surface area contributed by atoms with Crippen LogP contribution in [0.2, 0.25) is 5.02 Å². The van der Waals surface area contributed by atoms with Gasteiger partial charge in [0.25, 0.3) is 0 Å². The summed E-state index contributed by atoms with van der Waals surface area (Å²) in [4.78, 5) is 9.94. The molecule has 2 aromatic rings. The van der Waals surface area contributed by atoms with E-state index in [-0.39, 0.29) is 22.0 Å². The van der Waals surface area contributed by atoms with Crippen LogP contribution in [0.15, 0.2) is 35.6 Å². The van der Waals surface area contributed by atoms with Gasteiger partial charge in [0.15, 0.2) is 6.29 Å². The highest BCUT2D eigenvalue weighted by Crippen LogP contribution is 2.31. The molecular weight excluding hydrogens is 375 g/mol. The smallest absolute Gasteiger partial charge is 0.186 e. The molecule has 2 heterocycles. The largest absolute Gasteiger partial charge is 0.507 e. The van der Waals surface area contributed by atoms with Gasteiger partial charge in [-0.1, -0.05) is 22.8 Å². The summed E-state index contributed by atoms with van der Waals surface area (Å²) in [7, 11) is 0. The summed E-state index contributed by atoms with van der Waals surface area (Å²) in [6.07, 6.45) is 0.953. The summed E-state index contributed by atoms with van der Waals surface area (Å²) < 4.78 is 24.9. The molecule has 3 rings (SSSR count). The van der Waals surface area contributed by atoms with Crippen LogP contribution in [0.3, 0.4) is 0 Å². The molecule has 144 valence electrons. The van der Waals surface area contributed by atoms with Crippen molar-refractivity contribution in [3.8, 4) is 5.75 Å². The predicted molar refractivity (Wildman–Crippen MR) is 98.4 cm³/mol. The summed E-state index contributed by atoms with van der Waals surface area (Å²) in [5, 5.41) is 14.4. The standard InChI is InChI=1S/C19H20ClFN2O4/c1-19(2,3)27-23-17(12-9-13(20)14(21)10-15(12)24)16-11(5-4-6-22-16)18-25-7-8-26-18/h4-6,9-10,18,24H,7-8H2,1-3H3. The van der Waals surface area contributed by atoms with Crippen molar-refractivity contribution in [2.75, 3.05) is 13.2 Å². The van der Waals surface area contributed by atoms with Gasteiger partial charge in [0.1, 0.15) is 28.6 Å². The second-order valence-electron chi connectivity index (χ2n) is 6.94. The second-order valence-corrected chi connectivity index (χ2v) is 7.35. The monoisotopic (exact) mass is 394 g/mol. The van der Waals surface area contributed by atoms with Crippen LogP contribution in [-0.2, 0) is 14.3 Å². The first-order chi connectivity index (χ1) is 12.8. The summed E-state index contributed by atoms with van der Waals surface area (Å²) >= 11 is 5.92. The summed E-state index contributed by atoms with van der Waals surface area (Å²) in [5.41, 5.74) is 0.778. The van der Waals surface area contributed by atoms with E-state index in [1.807, 2.05) is 20.8 Å². The lowest BCUT2D eigenvalue weighted by Crippen LogP contribution is -2.19. The minimum Gasteiger partial charge on any atom is -0.507 e. The maximum atomic E-state index is 13.7. The summed E-state index contributed by atoms with van der Waals surface area (Å²) in [6, 6.07) is 5.73. The molecular formula is C19H20ClFN2O4. The number of aromatic nitrogens is 1. The first-order valence-corrected chi connectivity index (χ1v) is 8.77. The fraction of sp³-hybridized carbons (Fsp3) is 0.368. The number of benzene rings is 1. The summed E-state index contributed by atoms with van der Waals surface area (Å²) in [6.45, 7) is 6.39. The number of aromatic hydroxyl groups is 1. The molecule has 0 aliphatic carbocycles. The highest BCUT2D eigenvalue weighted by molar-refractivity contribution is 6.31. The van der Waals surface area contributed by atoms with Crippen LogP contribution in [0.5, 0.6) is 5.75 Å². The van der Waals surface area contributed by atoms with Crippen LogP contribution < -0.4 is 0 Å². The summed E-state index contributed by atoms with van der Waals surface area (Å²) in [5.74, 6) is -1.07. The molecule has 1 fully saturated rings. The topological polar surface area (TPSA) is 73.2 Å². The van der Waals surface area contributed by atoms with Gasteiger partial charge in [-0.3, -0.25) is 4.98 Å². The van der Waals surface area contributed by atoms with Gasteiger partial charge in [0.05, 0.1) is 18.2 Å². The SMILES string of the molecule is CC(C)(C)ON=C(c1cc(Cl)c(F)cc1O)c1ncccc1C1OCCO1. The van der Waals surface area contributed by atoms with Gasteiger partial charge in [-0.25, -0.2) is 4.39 Å². The number of phenolic OH excluding ortho intramolecular Hbond substituents is 1. The van der Waals surface area contributed by atoms with Crippen molar-refractivity contribution in [2.45, 2.75) is 32.7 Å². The third kappa shape index (κ3) is 4.55. The van der Waals surface area contributed by atoms with Crippen molar-refractivity contribution in [1.82, 2.24) is 4.98 Å². The number of pyridine rings is 1. The Balaban J connectivity index is 2.16. The Morgan fingerprint density at radius 2 is 2.04 bits per heavy atom. The van der Waals surface area contributed by atoms with E-state index in [9.17, 15) is 9.50 Å². The van der Waals surface area contributed by atoms with E-state index in [0.717, 1.165) is 6.07 Å². The highest BCUT2D eigenvalue weighted by atomic mass is 35.5. The molecule has 0 radical (unpaired) electrons. The van der Waals surface area contributed by atoms with Crippen molar-refractivity contribution in [1.29, 1.82) is 0 Å². The number of hydrogen-bond acceptors (Lipinski definition) is 6. The van der Waals surface area contributed by atoms with Gasteiger partial charge in [-0.2, -0.15) is 0 Å². The fourth-order valence-corrected chi connectivity index (χ4v) is 2.64. The number of phenols is 1. The number of nitrogens with zero attached hydrogens (tertiary/aromatic N) is 2. The average Bonchev–Trinajstić information content (AvgIpc) is 3.13. The Morgan fingerprint density at radius 1 is 1.33 bits per heavy atom. The van der Waals surface area contributed by atoms with E-state index in [2.05, 4.69) is 10.1 Å². The lowest BCUT2D eigenvalue weighted by Gasteiger charge is -2.19. The van der Waals surface area contributed by atoms with Crippen LogP contribution in [0.4, 0.5) is 4.39 Å². The lowest BCUT2D eigenvalue weighted by molar-refractivity contribution is -0.0445. The van der Waals surface area contributed by atoms with Gasteiger partial charge >= 0.3 is 0 Å². The Labute approximate surface area is 161 Å². The molecule has 0 spiro atoms. The van der Waals surface area contributed by atoms with Crippen molar-refractivity contribution >= 4 is 17.3 Å². The van der Waals surface area contributed by atoms with Crippen LogP contribution in [0.1, 0.15) is 43.9 Å². The lowest BCUT2D eigenvalue weighted by atomic mass is 10.0. The predicted octanol–water partition coefficient (Wildman–Crippen LogP) is 4.19. The molecule has 0 atom stereocenters. The van der Waals surface area contributed by atoms with E-state index in [1.54, 1.807) is 18.3 Å². The fourth-order valence-electron chi connectivity index (χ4n) is 2.47. The maximum Gasteiger partial charge on any atom is 0.186 e. The molecule has 1 N–H and O–H groups in total. The molecule has 1 saturated heterocycles. The van der Waals surface area contributed by atoms with Crippen LogP contribution in [0.25, 0.3) is 0 Å².